The smallest absolute Gasteiger partial charge is 0.443 e. The minimum Gasteiger partial charge on any atom is -0.443 e. The van der Waals surface area contributed by atoms with Gasteiger partial charge in [0.25, 0.3) is 0 Å². The van der Waals surface area contributed by atoms with Gasteiger partial charge in [-0.3, -0.25) is 4.52 Å². The van der Waals surface area contributed by atoms with Crippen molar-refractivity contribution >= 4 is 38.1 Å². The highest BCUT2D eigenvalue weighted by Gasteiger charge is 2.43. The Balaban J connectivity index is 1.43. The van der Waals surface area contributed by atoms with Crippen molar-refractivity contribution in [3.63, 3.8) is 0 Å². The average molecular weight is 604 g/mol. The molecule has 0 atom stereocenters. The van der Waals surface area contributed by atoms with E-state index in [1.54, 1.807) is 20.8 Å². The number of rotatable bonds is 9. The number of nitrogens with one attached hydrogen (secondary N) is 3. The first-order chi connectivity index (χ1) is 17.3. The number of carbonyl (C=O) groups is 1. The van der Waals surface area contributed by atoms with Crippen molar-refractivity contribution < 1.29 is 31.5 Å². The maximum Gasteiger partial charge on any atom is 0.446 e. The van der Waals surface area contributed by atoms with Crippen LogP contribution >= 0.6 is 15.9 Å². The lowest BCUT2D eigenvalue weighted by molar-refractivity contribution is 0.0569. The fourth-order valence-electron chi connectivity index (χ4n) is 3.26. The van der Waals surface area contributed by atoms with Gasteiger partial charge in [-0.05, 0) is 78.1 Å². The Morgan fingerprint density at radius 3 is 2.62 bits per heavy atom. The summed E-state index contributed by atoms with van der Waals surface area (Å²) in [5.41, 5.74) is -1.01. The van der Waals surface area contributed by atoms with E-state index >= 15 is 0 Å². The SMILES string of the molecule is CC(C)(C)OC(=O)NS(=O)(=O)NCC1(CNc2nonc2-c2noc(=O)n2-c2ccc(F)c(Br)c2)CC1. The molecule has 0 saturated heterocycles. The van der Waals surface area contributed by atoms with Crippen molar-refractivity contribution in [3.8, 4) is 17.2 Å². The van der Waals surface area contributed by atoms with Crippen LogP contribution in [0.15, 0.2) is 36.6 Å². The normalized spacial score (nSPS) is 14.8. The molecule has 2 aromatic heterocycles. The van der Waals surface area contributed by atoms with Crippen LogP contribution in [-0.4, -0.2) is 53.2 Å². The molecule has 0 bridgehead atoms. The third-order valence-electron chi connectivity index (χ3n) is 5.31. The molecule has 0 unspecified atom stereocenters. The first kappa shape index (κ1) is 26.7. The molecular formula is C20H23BrFN7O7S. The number of carbonyl (C=O) groups excluding carboxylic acids is 1. The standard InChI is InChI=1S/C20H23BrFN7O7S/c1-19(2,3)34-17(30)28-37(32,33)24-10-20(6-7-20)9-23-15-14(25-36-26-15)16-27-35-18(31)29(16)11-4-5-13(22)12(21)8-11/h4-5,8,24H,6-7,9-10H2,1-3H3,(H,23,26)(H,28,30). The van der Waals surface area contributed by atoms with Crippen LogP contribution in [0, 0.1) is 11.2 Å². The third kappa shape index (κ3) is 6.53. The zero-order chi connectivity index (χ0) is 27.0. The highest BCUT2D eigenvalue weighted by Crippen LogP contribution is 2.45. The number of hydrogen-bond acceptors (Lipinski definition) is 11. The summed E-state index contributed by atoms with van der Waals surface area (Å²) in [6.07, 6.45) is 0.287. The molecule has 200 valence electrons. The lowest BCUT2D eigenvalue weighted by atomic mass is 10.1. The average Bonchev–Trinajstić information content (AvgIpc) is 3.22. The molecule has 1 aliphatic rings. The van der Waals surface area contributed by atoms with Crippen molar-refractivity contribution in [1.82, 2.24) is 29.5 Å². The van der Waals surface area contributed by atoms with Gasteiger partial charge in [0.05, 0.1) is 10.2 Å². The number of aromatic nitrogens is 4. The fourth-order valence-corrected chi connectivity index (χ4v) is 4.46. The lowest BCUT2D eigenvalue weighted by Crippen LogP contribution is -2.45. The first-order valence-corrected chi connectivity index (χ1v) is 13.2. The molecule has 0 aliphatic heterocycles. The summed E-state index contributed by atoms with van der Waals surface area (Å²) in [7, 11) is -4.15. The van der Waals surface area contributed by atoms with Gasteiger partial charge >= 0.3 is 22.1 Å². The minimum atomic E-state index is -4.15. The Morgan fingerprint density at radius 1 is 1.24 bits per heavy atom. The molecule has 1 aromatic carbocycles. The number of benzene rings is 1. The van der Waals surface area contributed by atoms with Gasteiger partial charge in [0.1, 0.15) is 11.4 Å². The molecule has 4 rings (SSSR count). The molecule has 14 nitrogen and oxygen atoms in total. The van der Waals surface area contributed by atoms with Crippen LogP contribution in [0.1, 0.15) is 33.6 Å². The Hall–Kier alpha value is -3.31. The lowest BCUT2D eigenvalue weighted by Gasteiger charge is -2.20. The second-order valence-electron chi connectivity index (χ2n) is 9.45. The monoisotopic (exact) mass is 603 g/mol. The summed E-state index contributed by atoms with van der Waals surface area (Å²) in [5, 5.41) is 14.4. The molecule has 0 spiro atoms. The number of amides is 1. The minimum absolute atomic E-state index is 0.0248. The predicted molar refractivity (Wildman–Crippen MR) is 129 cm³/mol. The summed E-state index contributed by atoms with van der Waals surface area (Å²) in [5.74, 6) is -1.27. The molecule has 0 radical (unpaired) electrons. The van der Waals surface area contributed by atoms with Crippen LogP contribution in [0.4, 0.5) is 15.0 Å². The van der Waals surface area contributed by atoms with Crippen molar-refractivity contribution in [3.05, 3.63) is 39.0 Å². The number of nitrogens with zero attached hydrogens (tertiary/aromatic N) is 4. The molecule has 3 N–H and O–H groups in total. The van der Waals surface area contributed by atoms with E-state index < -0.39 is 38.9 Å². The van der Waals surface area contributed by atoms with E-state index in [1.165, 1.54) is 18.2 Å². The van der Waals surface area contributed by atoms with Crippen LogP contribution in [0.5, 0.6) is 0 Å². The van der Waals surface area contributed by atoms with E-state index in [2.05, 4.69) is 41.4 Å². The van der Waals surface area contributed by atoms with Gasteiger partial charge in [-0.15, -0.1) is 0 Å². The van der Waals surface area contributed by atoms with Crippen LogP contribution in [0.2, 0.25) is 0 Å². The van der Waals surface area contributed by atoms with Gasteiger partial charge in [0.15, 0.2) is 5.69 Å². The summed E-state index contributed by atoms with van der Waals surface area (Å²) in [6, 6.07) is 3.90. The van der Waals surface area contributed by atoms with Crippen molar-refractivity contribution in [2.45, 2.75) is 39.2 Å². The van der Waals surface area contributed by atoms with E-state index in [4.69, 9.17) is 13.9 Å². The van der Waals surface area contributed by atoms with Crippen LogP contribution in [0.3, 0.4) is 0 Å². The van der Waals surface area contributed by atoms with Gasteiger partial charge < -0.3 is 10.1 Å². The zero-order valence-electron chi connectivity index (χ0n) is 19.9. The summed E-state index contributed by atoms with van der Waals surface area (Å²) >= 11 is 3.07. The van der Waals surface area contributed by atoms with E-state index in [1.807, 2.05) is 4.72 Å². The Morgan fingerprint density at radius 2 is 1.97 bits per heavy atom. The van der Waals surface area contributed by atoms with Gasteiger partial charge in [0.2, 0.25) is 11.6 Å². The van der Waals surface area contributed by atoms with Crippen LogP contribution in [0.25, 0.3) is 17.2 Å². The molecule has 3 aromatic rings. The second kappa shape index (κ2) is 9.86. The number of halogens is 2. The molecule has 1 amide bonds. The molecular weight excluding hydrogens is 581 g/mol. The Kier molecular flexibility index (Phi) is 7.13. The predicted octanol–water partition coefficient (Wildman–Crippen LogP) is 2.33. The van der Waals surface area contributed by atoms with Gasteiger partial charge in [-0.2, -0.15) is 13.1 Å². The number of hydrogen-bond donors (Lipinski definition) is 3. The molecule has 37 heavy (non-hydrogen) atoms. The molecule has 2 heterocycles. The van der Waals surface area contributed by atoms with Gasteiger partial charge in [-0.25, -0.2) is 27.9 Å². The topological polar surface area (TPSA) is 183 Å². The Bertz CT molecular complexity index is 1470. The molecule has 17 heteroatoms. The number of anilines is 1. The maximum absolute atomic E-state index is 13.7. The van der Waals surface area contributed by atoms with E-state index in [9.17, 15) is 22.4 Å². The second-order valence-corrected chi connectivity index (χ2v) is 11.8. The quantitative estimate of drug-likeness (QED) is 0.326. The third-order valence-corrected chi connectivity index (χ3v) is 6.88. The number of ether oxygens (including phenoxy) is 1. The highest BCUT2D eigenvalue weighted by atomic mass is 79.9. The molecule has 1 aliphatic carbocycles. The van der Waals surface area contributed by atoms with Gasteiger partial charge in [0, 0.05) is 18.5 Å². The zero-order valence-corrected chi connectivity index (χ0v) is 22.3. The molecule has 1 saturated carbocycles. The maximum atomic E-state index is 13.7. The highest BCUT2D eigenvalue weighted by molar-refractivity contribution is 9.10. The van der Waals surface area contributed by atoms with Crippen LogP contribution in [-0.2, 0) is 14.9 Å². The summed E-state index contributed by atoms with van der Waals surface area (Å²) < 4.78 is 58.1. The Labute approximate surface area is 218 Å². The summed E-state index contributed by atoms with van der Waals surface area (Å²) in [4.78, 5) is 24.1. The van der Waals surface area contributed by atoms with Crippen molar-refractivity contribution in [2.24, 2.45) is 5.41 Å². The van der Waals surface area contributed by atoms with Crippen LogP contribution < -0.4 is 20.5 Å². The first-order valence-electron chi connectivity index (χ1n) is 10.9. The van der Waals surface area contributed by atoms with Crippen molar-refractivity contribution in [1.29, 1.82) is 0 Å². The van der Waals surface area contributed by atoms with E-state index in [0.717, 1.165) is 4.57 Å². The summed E-state index contributed by atoms with van der Waals surface area (Å²) in [6.45, 7) is 5.12. The van der Waals surface area contributed by atoms with Gasteiger partial charge in [-0.1, -0.05) is 5.16 Å². The largest absolute Gasteiger partial charge is 0.446 e. The van der Waals surface area contributed by atoms with E-state index in [-0.39, 0.29) is 40.6 Å². The van der Waals surface area contributed by atoms with Crippen molar-refractivity contribution in [2.75, 3.05) is 18.4 Å². The fraction of sp³-hybridized carbons (Fsp3) is 0.450. The molecule has 1 fully saturated rings. The van der Waals surface area contributed by atoms with E-state index in [0.29, 0.717) is 12.8 Å².